The van der Waals surface area contributed by atoms with Crippen molar-refractivity contribution in [3.63, 3.8) is 0 Å². The summed E-state index contributed by atoms with van der Waals surface area (Å²) >= 11 is 0. The van der Waals surface area contributed by atoms with E-state index in [1.165, 1.54) is 0 Å². The van der Waals surface area contributed by atoms with Crippen LogP contribution in [0.5, 0.6) is 0 Å². The summed E-state index contributed by atoms with van der Waals surface area (Å²) in [6, 6.07) is 8.17. The van der Waals surface area contributed by atoms with Crippen LogP contribution < -0.4 is 16.1 Å². The summed E-state index contributed by atoms with van der Waals surface area (Å²) in [6.07, 6.45) is 4.07. The molecule has 10 nitrogen and oxygen atoms in total. The van der Waals surface area contributed by atoms with E-state index in [0.717, 1.165) is 29.7 Å². The summed E-state index contributed by atoms with van der Waals surface area (Å²) in [5, 5.41) is 6.04. The van der Waals surface area contributed by atoms with Crippen LogP contribution in [0.4, 0.5) is 9.59 Å². The van der Waals surface area contributed by atoms with Gasteiger partial charge in [-0.3, -0.25) is 24.7 Å². The van der Waals surface area contributed by atoms with E-state index in [-0.39, 0.29) is 5.92 Å². The number of nitrogens with zero attached hydrogens (tertiary/aromatic N) is 2. The first-order chi connectivity index (χ1) is 15.7. The Hall–Kier alpha value is -3.43. The maximum absolute atomic E-state index is 13.0. The number of benzene rings is 1. The molecule has 3 N–H and O–H groups in total. The average Bonchev–Trinajstić information content (AvgIpc) is 3.15. The van der Waals surface area contributed by atoms with Crippen molar-refractivity contribution in [3.8, 4) is 0 Å². The molecule has 2 saturated heterocycles. The Morgan fingerprint density at radius 1 is 1.06 bits per heavy atom. The molecular weight excluding hydrogens is 426 g/mol. The van der Waals surface area contributed by atoms with Crippen LogP contribution in [0.2, 0.25) is 0 Å². The summed E-state index contributed by atoms with van der Waals surface area (Å²) in [7, 11) is 0. The highest BCUT2D eigenvalue weighted by molar-refractivity contribution is 6.10. The molecular formula is C23H29N5O5. The summed E-state index contributed by atoms with van der Waals surface area (Å²) in [6.45, 7) is 2.95. The lowest BCUT2D eigenvalue weighted by molar-refractivity contribution is -0.141. The number of urea groups is 2. The minimum Gasteiger partial charge on any atom is -0.323 e. The third-order valence-corrected chi connectivity index (χ3v) is 7.06. The van der Waals surface area contributed by atoms with Gasteiger partial charge in [0.2, 0.25) is 0 Å². The lowest BCUT2D eigenvalue weighted by Crippen LogP contribution is -2.55. The third-order valence-electron chi connectivity index (χ3n) is 7.06. The van der Waals surface area contributed by atoms with Gasteiger partial charge in [0.25, 0.3) is 17.7 Å². The van der Waals surface area contributed by atoms with Gasteiger partial charge in [-0.1, -0.05) is 50.1 Å². The van der Waals surface area contributed by atoms with E-state index in [0.29, 0.717) is 24.3 Å². The number of rotatable bonds is 6. The van der Waals surface area contributed by atoms with Crippen LogP contribution in [0.25, 0.3) is 0 Å². The van der Waals surface area contributed by atoms with Crippen LogP contribution in [0.3, 0.4) is 0 Å². The quantitative estimate of drug-likeness (QED) is 0.560. The van der Waals surface area contributed by atoms with E-state index < -0.39 is 47.4 Å². The molecule has 2 aliphatic heterocycles. The minimum atomic E-state index is -1.18. The molecule has 0 aromatic heterocycles. The molecule has 1 aromatic rings. The number of imide groups is 2. The second-order valence-electron chi connectivity index (χ2n) is 9.36. The molecule has 1 aromatic carbocycles. The van der Waals surface area contributed by atoms with Crippen LogP contribution >= 0.6 is 0 Å². The third kappa shape index (κ3) is 4.05. The SMILES string of the molecule is C[C@@H]1CCCC[C@@]12NC(=O)N(CC(=O)NN1C(=O)N[C@@](C)(CCc3ccccc3)C1=O)C2=O. The Morgan fingerprint density at radius 3 is 2.48 bits per heavy atom. The molecule has 10 heteroatoms. The first kappa shape index (κ1) is 22.8. The number of carbonyl (C=O) groups is 5. The van der Waals surface area contributed by atoms with E-state index in [9.17, 15) is 24.0 Å². The van der Waals surface area contributed by atoms with Crippen molar-refractivity contribution >= 4 is 29.8 Å². The molecule has 0 radical (unpaired) electrons. The van der Waals surface area contributed by atoms with Gasteiger partial charge < -0.3 is 10.6 Å². The highest BCUT2D eigenvalue weighted by Gasteiger charge is 2.55. The number of hydrogen-bond acceptors (Lipinski definition) is 5. The minimum absolute atomic E-state index is 0.0352. The maximum atomic E-state index is 13.0. The van der Waals surface area contributed by atoms with Crippen LogP contribution in [-0.2, 0) is 20.8 Å². The van der Waals surface area contributed by atoms with Crippen molar-refractivity contribution in [2.45, 2.75) is 63.5 Å². The van der Waals surface area contributed by atoms with Crippen molar-refractivity contribution in [3.05, 3.63) is 35.9 Å². The Balaban J connectivity index is 1.38. The van der Waals surface area contributed by atoms with Gasteiger partial charge in [-0.05, 0) is 44.1 Å². The van der Waals surface area contributed by atoms with Crippen molar-refractivity contribution in [1.82, 2.24) is 26.0 Å². The molecule has 3 fully saturated rings. The molecule has 0 bridgehead atoms. The topological polar surface area (TPSA) is 128 Å². The monoisotopic (exact) mass is 455 g/mol. The second-order valence-corrected chi connectivity index (χ2v) is 9.36. The molecule has 3 aliphatic rings. The number of hydrogen-bond donors (Lipinski definition) is 3. The van der Waals surface area contributed by atoms with E-state index in [1.807, 2.05) is 37.3 Å². The fourth-order valence-corrected chi connectivity index (χ4v) is 4.94. The zero-order chi connectivity index (χ0) is 23.8. The predicted octanol–water partition coefficient (Wildman–Crippen LogP) is 1.46. The van der Waals surface area contributed by atoms with E-state index in [4.69, 9.17) is 0 Å². The van der Waals surface area contributed by atoms with Crippen molar-refractivity contribution in [2.75, 3.05) is 6.54 Å². The lowest BCUT2D eigenvalue weighted by Gasteiger charge is -2.36. The van der Waals surface area contributed by atoms with Crippen molar-refractivity contribution in [2.24, 2.45) is 5.92 Å². The molecule has 1 saturated carbocycles. The summed E-state index contributed by atoms with van der Waals surface area (Å²) in [5.41, 5.74) is 1.12. The van der Waals surface area contributed by atoms with Gasteiger partial charge in [0.1, 0.15) is 17.6 Å². The van der Waals surface area contributed by atoms with Gasteiger partial charge >= 0.3 is 12.1 Å². The first-order valence-corrected chi connectivity index (χ1v) is 11.3. The van der Waals surface area contributed by atoms with Gasteiger partial charge in [-0.25, -0.2) is 9.59 Å². The smallest absolute Gasteiger partial charge is 0.323 e. The Kier molecular flexibility index (Phi) is 5.85. The summed E-state index contributed by atoms with van der Waals surface area (Å²) < 4.78 is 0. The lowest BCUT2D eigenvalue weighted by atomic mass is 9.73. The molecule has 7 amide bonds. The molecule has 1 spiro atoms. The number of amides is 7. The van der Waals surface area contributed by atoms with Gasteiger partial charge in [0.05, 0.1) is 0 Å². The largest absolute Gasteiger partial charge is 0.344 e. The highest BCUT2D eigenvalue weighted by Crippen LogP contribution is 2.38. The maximum Gasteiger partial charge on any atom is 0.344 e. The van der Waals surface area contributed by atoms with Gasteiger partial charge in [0, 0.05) is 0 Å². The van der Waals surface area contributed by atoms with Crippen LogP contribution in [0, 0.1) is 5.92 Å². The zero-order valence-corrected chi connectivity index (χ0v) is 18.8. The van der Waals surface area contributed by atoms with Gasteiger partial charge in [0.15, 0.2) is 0 Å². The van der Waals surface area contributed by atoms with Crippen molar-refractivity contribution in [1.29, 1.82) is 0 Å². The van der Waals surface area contributed by atoms with Crippen LogP contribution in [0.15, 0.2) is 30.3 Å². The van der Waals surface area contributed by atoms with E-state index >= 15 is 0 Å². The predicted molar refractivity (Wildman–Crippen MR) is 117 cm³/mol. The summed E-state index contributed by atoms with van der Waals surface area (Å²) in [5.74, 6) is -1.85. The first-order valence-electron chi connectivity index (χ1n) is 11.3. The van der Waals surface area contributed by atoms with Gasteiger partial charge in [-0.15, -0.1) is 0 Å². The summed E-state index contributed by atoms with van der Waals surface area (Å²) in [4.78, 5) is 64.3. The molecule has 2 heterocycles. The van der Waals surface area contributed by atoms with E-state index in [1.54, 1.807) is 6.92 Å². The van der Waals surface area contributed by atoms with Crippen LogP contribution in [-0.4, -0.2) is 57.3 Å². The fourth-order valence-electron chi connectivity index (χ4n) is 4.94. The number of hydrazine groups is 1. The van der Waals surface area contributed by atoms with Crippen molar-refractivity contribution < 1.29 is 24.0 Å². The molecule has 4 rings (SSSR count). The fraction of sp³-hybridized carbons (Fsp3) is 0.522. The molecule has 176 valence electrons. The standard InChI is InChI=1S/C23H29N5O5/c1-15-8-6-7-12-23(15)19(31)27(20(32)25-23)14-17(29)26-28-18(30)22(2,24-21(28)33)13-11-16-9-4-3-5-10-16/h3-5,9-10,15H,6-8,11-14H2,1-2H3,(H,24,33)(H,25,32)(H,26,29)/t15-,22+,23-/m1/s1. The number of carbonyl (C=O) groups excluding carboxylic acids is 5. The molecule has 33 heavy (non-hydrogen) atoms. The Labute approximate surface area is 192 Å². The number of aryl methyl sites for hydroxylation is 1. The Bertz CT molecular complexity index is 998. The van der Waals surface area contributed by atoms with Gasteiger partial charge in [-0.2, -0.15) is 5.01 Å². The average molecular weight is 456 g/mol. The molecule has 1 aliphatic carbocycles. The number of nitrogens with one attached hydrogen (secondary N) is 3. The normalized spacial score (nSPS) is 29.5. The zero-order valence-electron chi connectivity index (χ0n) is 18.8. The Morgan fingerprint density at radius 2 is 1.79 bits per heavy atom. The second kappa shape index (κ2) is 8.49. The molecule has 0 unspecified atom stereocenters. The molecule has 3 atom stereocenters. The van der Waals surface area contributed by atoms with Crippen LogP contribution in [0.1, 0.15) is 51.5 Å². The van der Waals surface area contributed by atoms with E-state index in [2.05, 4.69) is 16.1 Å². The highest BCUT2D eigenvalue weighted by atomic mass is 16.2.